The van der Waals surface area contributed by atoms with Crippen LogP contribution in [0.5, 0.6) is 0 Å². The topological polar surface area (TPSA) is 105 Å². The molecule has 0 saturated heterocycles. The first-order valence-electron chi connectivity index (χ1n) is 9.19. The summed E-state index contributed by atoms with van der Waals surface area (Å²) in [5.41, 5.74) is 2.49. The summed E-state index contributed by atoms with van der Waals surface area (Å²) in [6.07, 6.45) is 1.13. The van der Waals surface area contributed by atoms with Crippen molar-refractivity contribution < 1.29 is 18.0 Å². The van der Waals surface area contributed by atoms with Gasteiger partial charge in [-0.05, 0) is 35.4 Å². The van der Waals surface area contributed by atoms with Gasteiger partial charge in [-0.1, -0.05) is 59.9 Å². The van der Waals surface area contributed by atoms with Crippen LogP contribution in [-0.2, 0) is 9.84 Å². The van der Waals surface area contributed by atoms with Crippen LogP contribution >= 0.6 is 11.3 Å². The van der Waals surface area contributed by atoms with E-state index in [1.165, 1.54) is 12.1 Å². The smallest absolute Gasteiger partial charge is 0.283 e. The number of amides is 3. The number of nitrogens with zero attached hydrogens (tertiary/aromatic N) is 1. The number of sulfone groups is 1. The van der Waals surface area contributed by atoms with Crippen molar-refractivity contribution in [3.8, 4) is 11.1 Å². The number of aromatic nitrogens is 1. The molecule has 0 atom stereocenters. The van der Waals surface area contributed by atoms with E-state index in [4.69, 9.17) is 0 Å². The molecule has 0 radical (unpaired) electrons. The molecule has 0 spiro atoms. The van der Waals surface area contributed by atoms with E-state index in [9.17, 15) is 18.0 Å². The van der Waals surface area contributed by atoms with E-state index >= 15 is 0 Å². The highest BCUT2D eigenvalue weighted by Crippen LogP contribution is 2.28. The molecule has 156 valence electrons. The largest absolute Gasteiger partial charge is 0.327 e. The van der Waals surface area contributed by atoms with Crippen molar-refractivity contribution in [1.82, 2.24) is 10.3 Å². The molecule has 3 amide bonds. The molecule has 1 heterocycles. The lowest BCUT2D eigenvalue weighted by molar-refractivity contribution is 0.0967. The molecule has 0 aliphatic heterocycles. The zero-order valence-corrected chi connectivity index (χ0v) is 18.0. The average molecular weight is 452 g/mol. The summed E-state index contributed by atoms with van der Waals surface area (Å²) in [5, 5.41) is 5.11. The Labute approximate surface area is 182 Å². The Kier molecular flexibility index (Phi) is 5.53. The third-order valence-electron chi connectivity index (χ3n) is 4.49. The minimum Gasteiger partial charge on any atom is -0.283 e. The summed E-state index contributed by atoms with van der Waals surface area (Å²) in [4.78, 5) is 29.5. The Morgan fingerprint density at radius 3 is 2.39 bits per heavy atom. The van der Waals surface area contributed by atoms with E-state index in [1.54, 1.807) is 18.2 Å². The number of thiazole rings is 1. The molecule has 0 saturated carbocycles. The predicted octanol–water partition coefficient (Wildman–Crippen LogP) is 4.33. The molecule has 31 heavy (non-hydrogen) atoms. The maximum Gasteiger partial charge on any atom is 0.327 e. The van der Waals surface area contributed by atoms with Crippen LogP contribution in [0.1, 0.15) is 10.4 Å². The molecule has 7 nitrogen and oxygen atoms in total. The van der Waals surface area contributed by atoms with Gasteiger partial charge in [0.2, 0.25) is 0 Å². The number of fused-ring (bicyclic) bond motifs is 1. The molecule has 2 N–H and O–H groups in total. The highest BCUT2D eigenvalue weighted by molar-refractivity contribution is 7.90. The van der Waals surface area contributed by atoms with E-state index in [-0.39, 0.29) is 10.0 Å². The van der Waals surface area contributed by atoms with Gasteiger partial charge in [-0.15, -0.1) is 0 Å². The van der Waals surface area contributed by atoms with Crippen molar-refractivity contribution in [2.24, 2.45) is 0 Å². The Hall–Kier alpha value is -3.56. The second-order valence-electron chi connectivity index (χ2n) is 6.74. The number of hydrogen-bond donors (Lipinski definition) is 2. The Morgan fingerprint density at radius 2 is 1.65 bits per heavy atom. The molecule has 0 unspecified atom stereocenters. The van der Waals surface area contributed by atoms with Crippen LogP contribution in [0.15, 0.2) is 77.7 Å². The van der Waals surface area contributed by atoms with Crippen LogP contribution < -0.4 is 10.6 Å². The lowest BCUT2D eigenvalue weighted by atomic mass is 9.99. The maximum atomic E-state index is 12.7. The van der Waals surface area contributed by atoms with Gasteiger partial charge in [0.1, 0.15) is 0 Å². The summed E-state index contributed by atoms with van der Waals surface area (Å²) >= 11 is 1.12. The molecule has 3 aromatic carbocycles. The molecule has 9 heteroatoms. The van der Waals surface area contributed by atoms with Gasteiger partial charge >= 0.3 is 6.03 Å². The van der Waals surface area contributed by atoms with Crippen LogP contribution in [0.2, 0.25) is 0 Å². The number of nitrogens with one attached hydrogen (secondary N) is 2. The van der Waals surface area contributed by atoms with Crippen molar-refractivity contribution in [2.45, 2.75) is 4.90 Å². The second kappa shape index (κ2) is 8.29. The Morgan fingerprint density at radius 1 is 0.935 bits per heavy atom. The fourth-order valence-corrected chi connectivity index (χ4v) is 4.66. The fraction of sp³-hybridized carbons (Fsp3) is 0.0455. The number of anilines is 1. The Bertz CT molecular complexity index is 1400. The molecular weight excluding hydrogens is 434 g/mol. The fourth-order valence-electron chi connectivity index (χ4n) is 3.04. The molecule has 0 aliphatic carbocycles. The first-order valence-corrected chi connectivity index (χ1v) is 11.9. The van der Waals surface area contributed by atoms with E-state index < -0.39 is 21.8 Å². The first-order chi connectivity index (χ1) is 14.8. The number of rotatable bonds is 4. The van der Waals surface area contributed by atoms with Crippen LogP contribution in [0, 0.1) is 0 Å². The lowest BCUT2D eigenvalue weighted by Crippen LogP contribution is -2.34. The highest BCUT2D eigenvalue weighted by atomic mass is 32.2. The Balaban J connectivity index is 1.51. The minimum absolute atomic E-state index is 0.173. The van der Waals surface area contributed by atoms with Gasteiger partial charge in [0.25, 0.3) is 5.91 Å². The van der Waals surface area contributed by atoms with E-state index in [0.717, 1.165) is 23.2 Å². The van der Waals surface area contributed by atoms with Gasteiger partial charge in [0.05, 0.1) is 15.1 Å². The second-order valence-corrected chi connectivity index (χ2v) is 9.79. The summed E-state index contributed by atoms with van der Waals surface area (Å²) < 4.78 is 24.0. The number of carbonyl (C=O) groups excluding carboxylic acids is 2. The average Bonchev–Trinajstić information content (AvgIpc) is 3.15. The third kappa shape index (κ3) is 4.62. The standard InChI is InChI=1S/C22H17N3O4S2/c1-31(28,29)15-11-12-18-19(13-15)30-22(23-18)25-21(27)24-20(26)17-10-6-5-9-16(17)14-7-3-2-4-8-14/h2-13H,1H3,(H2,23,24,25,26,27). The van der Waals surface area contributed by atoms with Gasteiger partial charge in [0.15, 0.2) is 15.0 Å². The summed E-state index contributed by atoms with van der Waals surface area (Å²) in [5.74, 6) is -0.544. The van der Waals surface area contributed by atoms with Crippen LogP contribution in [0.4, 0.5) is 9.93 Å². The zero-order valence-electron chi connectivity index (χ0n) is 16.3. The highest BCUT2D eigenvalue weighted by Gasteiger charge is 2.17. The molecule has 1 aromatic heterocycles. The van der Waals surface area contributed by atoms with Gasteiger partial charge in [0, 0.05) is 11.8 Å². The number of carbonyl (C=O) groups is 2. The number of benzene rings is 3. The number of hydrogen-bond acceptors (Lipinski definition) is 6. The molecule has 0 aliphatic rings. The van der Waals surface area contributed by atoms with Crippen molar-refractivity contribution in [3.63, 3.8) is 0 Å². The summed E-state index contributed by atoms with van der Waals surface area (Å²) in [6.45, 7) is 0. The van der Waals surface area contributed by atoms with Gasteiger partial charge in [-0.2, -0.15) is 0 Å². The van der Waals surface area contributed by atoms with E-state index in [2.05, 4.69) is 15.6 Å². The van der Waals surface area contributed by atoms with Crippen molar-refractivity contribution in [2.75, 3.05) is 11.6 Å². The predicted molar refractivity (Wildman–Crippen MR) is 121 cm³/mol. The van der Waals surface area contributed by atoms with Crippen LogP contribution in [0.25, 0.3) is 21.3 Å². The lowest BCUT2D eigenvalue weighted by Gasteiger charge is -2.09. The molecule has 0 bridgehead atoms. The van der Waals surface area contributed by atoms with Crippen molar-refractivity contribution in [1.29, 1.82) is 0 Å². The number of urea groups is 1. The van der Waals surface area contributed by atoms with Gasteiger partial charge < -0.3 is 0 Å². The molecule has 0 fully saturated rings. The quantitative estimate of drug-likeness (QED) is 0.481. The van der Waals surface area contributed by atoms with Gasteiger partial charge in [-0.3, -0.25) is 15.4 Å². The summed E-state index contributed by atoms with van der Waals surface area (Å²) in [6, 6.07) is 20.2. The van der Waals surface area contributed by atoms with Crippen molar-refractivity contribution >= 4 is 48.5 Å². The zero-order chi connectivity index (χ0) is 22.0. The summed E-state index contributed by atoms with van der Waals surface area (Å²) in [7, 11) is -3.35. The molecular formula is C22H17N3O4S2. The monoisotopic (exact) mass is 451 g/mol. The molecule has 4 rings (SSSR count). The van der Waals surface area contributed by atoms with Crippen LogP contribution in [-0.4, -0.2) is 31.6 Å². The van der Waals surface area contributed by atoms with E-state index in [1.807, 2.05) is 42.5 Å². The first kappa shape index (κ1) is 20.7. The van der Waals surface area contributed by atoms with E-state index in [0.29, 0.717) is 21.3 Å². The SMILES string of the molecule is CS(=O)(=O)c1ccc2nc(NC(=O)NC(=O)c3ccccc3-c3ccccc3)sc2c1. The third-order valence-corrected chi connectivity index (χ3v) is 6.54. The maximum absolute atomic E-state index is 12.7. The molecule has 4 aromatic rings. The van der Waals surface area contributed by atoms with Crippen LogP contribution in [0.3, 0.4) is 0 Å². The minimum atomic E-state index is -3.35. The normalized spacial score (nSPS) is 11.3. The number of imide groups is 1. The van der Waals surface area contributed by atoms with Crippen molar-refractivity contribution in [3.05, 3.63) is 78.4 Å². The van der Waals surface area contributed by atoms with Gasteiger partial charge in [-0.25, -0.2) is 18.2 Å².